The number of carbonyl (C=O) groups excluding carboxylic acids is 1. The maximum atomic E-state index is 11.5. The molecule has 0 spiro atoms. The largest absolute Gasteiger partial charge is 0.480 e. The third-order valence-electron chi connectivity index (χ3n) is 3.28. The molecule has 16 heavy (non-hydrogen) atoms. The Morgan fingerprint density at radius 3 is 2.50 bits per heavy atom. The average Bonchev–Trinajstić information content (AvgIpc) is 2.69. The summed E-state index contributed by atoms with van der Waals surface area (Å²) in [4.78, 5) is 23.2. The number of nitrogens with zero attached hydrogens (tertiary/aromatic N) is 1. The molecule has 1 rings (SSSR count). The van der Waals surface area contributed by atoms with Gasteiger partial charge in [-0.2, -0.15) is 0 Å². The van der Waals surface area contributed by atoms with Gasteiger partial charge in [0.05, 0.1) is 0 Å². The van der Waals surface area contributed by atoms with Crippen LogP contribution < -0.4 is 0 Å². The normalized spacial score (nSPS) is 16.3. The monoisotopic (exact) mass is 227 g/mol. The van der Waals surface area contributed by atoms with Gasteiger partial charge in [0.2, 0.25) is 5.91 Å². The minimum Gasteiger partial charge on any atom is -0.480 e. The lowest BCUT2D eigenvalue weighted by molar-refractivity contribution is -0.143. The van der Waals surface area contributed by atoms with Crippen LogP contribution >= 0.6 is 0 Å². The van der Waals surface area contributed by atoms with Gasteiger partial charge in [0, 0.05) is 13.5 Å². The van der Waals surface area contributed by atoms with Crippen molar-refractivity contribution in [2.24, 2.45) is 5.92 Å². The van der Waals surface area contributed by atoms with Gasteiger partial charge in [0.15, 0.2) is 0 Å². The Kier molecular flexibility index (Phi) is 5.29. The number of carboxylic acids is 1. The van der Waals surface area contributed by atoms with E-state index in [4.69, 9.17) is 5.11 Å². The van der Waals surface area contributed by atoms with Crippen LogP contribution in [0.5, 0.6) is 0 Å². The lowest BCUT2D eigenvalue weighted by Gasteiger charge is -2.15. The van der Waals surface area contributed by atoms with Gasteiger partial charge in [0.25, 0.3) is 0 Å². The summed E-state index contributed by atoms with van der Waals surface area (Å²) in [5.74, 6) is -0.204. The maximum absolute atomic E-state index is 11.5. The molecule has 1 N–H and O–H groups in total. The molecule has 0 saturated heterocycles. The third-order valence-corrected chi connectivity index (χ3v) is 3.28. The van der Waals surface area contributed by atoms with Crippen molar-refractivity contribution >= 4 is 11.9 Å². The first-order valence-corrected chi connectivity index (χ1v) is 6.05. The first-order valence-electron chi connectivity index (χ1n) is 6.05. The van der Waals surface area contributed by atoms with Crippen molar-refractivity contribution in [2.45, 2.75) is 44.9 Å². The standard InChI is InChI=1S/C12H21NO3/c1-13(9-12(15)16)11(14)8-4-7-10-5-2-3-6-10/h10H,2-9H2,1H3,(H,15,16). The summed E-state index contributed by atoms with van der Waals surface area (Å²) in [5, 5.41) is 8.54. The molecule has 0 radical (unpaired) electrons. The summed E-state index contributed by atoms with van der Waals surface area (Å²) in [6, 6.07) is 0. The lowest BCUT2D eigenvalue weighted by atomic mass is 10.0. The number of hydrogen-bond donors (Lipinski definition) is 1. The molecular formula is C12H21NO3. The number of likely N-dealkylation sites (N-methyl/N-ethyl adjacent to an activating group) is 1. The van der Waals surface area contributed by atoms with E-state index in [0.29, 0.717) is 6.42 Å². The number of carboxylic acid groups (broad SMARTS) is 1. The fourth-order valence-electron chi connectivity index (χ4n) is 2.32. The molecule has 1 fully saturated rings. The van der Waals surface area contributed by atoms with Crippen LogP contribution in [0.3, 0.4) is 0 Å². The van der Waals surface area contributed by atoms with E-state index in [1.54, 1.807) is 7.05 Å². The quantitative estimate of drug-likeness (QED) is 0.753. The fraction of sp³-hybridized carbons (Fsp3) is 0.833. The highest BCUT2D eigenvalue weighted by atomic mass is 16.4. The molecule has 92 valence electrons. The smallest absolute Gasteiger partial charge is 0.323 e. The number of amides is 1. The van der Waals surface area contributed by atoms with E-state index in [-0.39, 0.29) is 12.5 Å². The Balaban J connectivity index is 2.11. The van der Waals surface area contributed by atoms with E-state index in [1.165, 1.54) is 30.6 Å². The topological polar surface area (TPSA) is 57.6 Å². The first-order chi connectivity index (χ1) is 7.59. The first kappa shape index (κ1) is 13.0. The number of carbonyl (C=O) groups is 2. The summed E-state index contributed by atoms with van der Waals surface area (Å²) in [6.45, 7) is -0.192. The fourth-order valence-corrected chi connectivity index (χ4v) is 2.32. The molecule has 1 saturated carbocycles. The second-order valence-corrected chi connectivity index (χ2v) is 4.69. The van der Waals surface area contributed by atoms with Gasteiger partial charge in [-0.15, -0.1) is 0 Å². The van der Waals surface area contributed by atoms with Crippen LogP contribution in [-0.2, 0) is 9.59 Å². The predicted octanol–water partition coefficient (Wildman–Crippen LogP) is 1.89. The zero-order valence-electron chi connectivity index (χ0n) is 9.95. The van der Waals surface area contributed by atoms with Crippen molar-refractivity contribution in [1.82, 2.24) is 4.90 Å². The van der Waals surface area contributed by atoms with Crippen molar-refractivity contribution in [3.05, 3.63) is 0 Å². The molecule has 0 aromatic rings. The maximum Gasteiger partial charge on any atom is 0.323 e. The van der Waals surface area contributed by atoms with Crippen molar-refractivity contribution in [1.29, 1.82) is 0 Å². The third kappa shape index (κ3) is 4.64. The zero-order valence-corrected chi connectivity index (χ0v) is 9.95. The van der Waals surface area contributed by atoms with E-state index >= 15 is 0 Å². The van der Waals surface area contributed by atoms with E-state index in [2.05, 4.69) is 0 Å². The number of rotatable bonds is 6. The van der Waals surface area contributed by atoms with Crippen LogP contribution in [0.25, 0.3) is 0 Å². The van der Waals surface area contributed by atoms with E-state index in [1.807, 2.05) is 0 Å². The molecule has 4 nitrogen and oxygen atoms in total. The molecule has 0 atom stereocenters. The summed E-state index contributed by atoms with van der Waals surface area (Å²) >= 11 is 0. The van der Waals surface area contributed by atoms with Crippen LogP contribution in [0.2, 0.25) is 0 Å². The van der Waals surface area contributed by atoms with Crippen LogP contribution in [0.15, 0.2) is 0 Å². The van der Waals surface area contributed by atoms with Crippen molar-refractivity contribution in [2.75, 3.05) is 13.6 Å². The molecule has 0 aliphatic heterocycles. The molecule has 1 aliphatic carbocycles. The molecule has 1 amide bonds. The van der Waals surface area contributed by atoms with Crippen LogP contribution in [-0.4, -0.2) is 35.5 Å². The highest BCUT2D eigenvalue weighted by Crippen LogP contribution is 2.28. The van der Waals surface area contributed by atoms with Gasteiger partial charge in [-0.05, 0) is 18.8 Å². The predicted molar refractivity (Wildman–Crippen MR) is 61.1 cm³/mol. The molecule has 0 unspecified atom stereocenters. The Morgan fingerprint density at radius 2 is 1.94 bits per heavy atom. The Bertz CT molecular complexity index is 247. The molecule has 4 heteroatoms. The Morgan fingerprint density at radius 1 is 1.31 bits per heavy atom. The molecular weight excluding hydrogens is 206 g/mol. The Labute approximate surface area is 96.6 Å². The summed E-state index contributed by atoms with van der Waals surface area (Å²) in [6.07, 6.45) is 7.77. The zero-order chi connectivity index (χ0) is 12.0. The second-order valence-electron chi connectivity index (χ2n) is 4.69. The SMILES string of the molecule is CN(CC(=O)O)C(=O)CCCC1CCCC1. The summed E-state index contributed by atoms with van der Waals surface area (Å²) in [7, 11) is 1.55. The van der Waals surface area contributed by atoms with Gasteiger partial charge >= 0.3 is 5.97 Å². The van der Waals surface area contributed by atoms with Crippen LogP contribution in [0.4, 0.5) is 0 Å². The highest BCUT2D eigenvalue weighted by Gasteiger charge is 2.16. The minimum atomic E-state index is -0.952. The molecule has 0 bridgehead atoms. The molecule has 0 aromatic carbocycles. The lowest BCUT2D eigenvalue weighted by Crippen LogP contribution is -2.31. The van der Waals surface area contributed by atoms with E-state index in [9.17, 15) is 9.59 Å². The summed E-state index contributed by atoms with van der Waals surface area (Å²) in [5.41, 5.74) is 0. The average molecular weight is 227 g/mol. The van der Waals surface area contributed by atoms with Crippen LogP contribution in [0.1, 0.15) is 44.9 Å². The Hall–Kier alpha value is -1.06. The molecule has 0 heterocycles. The summed E-state index contributed by atoms with van der Waals surface area (Å²) < 4.78 is 0. The van der Waals surface area contributed by atoms with Gasteiger partial charge in [-0.25, -0.2) is 0 Å². The highest BCUT2D eigenvalue weighted by molar-refractivity contribution is 5.80. The molecule has 0 aromatic heterocycles. The van der Waals surface area contributed by atoms with Crippen molar-refractivity contribution < 1.29 is 14.7 Å². The van der Waals surface area contributed by atoms with E-state index < -0.39 is 5.97 Å². The van der Waals surface area contributed by atoms with Gasteiger partial charge in [-0.1, -0.05) is 25.7 Å². The van der Waals surface area contributed by atoms with Crippen LogP contribution in [0, 0.1) is 5.92 Å². The molecule has 1 aliphatic rings. The second kappa shape index (κ2) is 6.51. The van der Waals surface area contributed by atoms with Crippen molar-refractivity contribution in [3.8, 4) is 0 Å². The number of aliphatic carboxylic acids is 1. The van der Waals surface area contributed by atoms with Gasteiger partial charge < -0.3 is 10.0 Å². The minimum absolute atomic E-state index is 0.0552. The van der Waals surface area contributed by atoms with Gasteiger partial charge in [-0.3, -0.25) is 9.59 Å². The van der Waals surface area contributed by atoms with Gasteiger partial charge in [0.1, 0.15) is 6.54 Å². The van der Waals surface area contributed by atoms with Crippen molar-refractivity contribution in [3.63, 3.8) is 0 Å². The van der Waals surface area contributed by atoms with E-state index in [0.717, 1.165) is 18.8 Å². The number of hydrogen-bond acceptors (Lipinski definition) is 2.